The van der Waals surface area contributed by atoms with Gasteiger partial charge in [-0.25, -0.2) is 9.13 Å². The van der Waals surface area contributed by atoms with Gasteiger partial charge < -0.3 is 33.8 Å². The van der Waals surface area contributed by atoms with E-state index in [4.69, 9.17) is 37.0 Å². The Balaban J connectivity index is 5.23. The standard InChI is InChI=1S/C87H170O17P2/c1-7-10-12-14-16-18-20-22-24-26-28-29-30-32-34-36-38-40-45-53-59-65-71-86(91)103-82(75-97-84(89)69-63-57-51-44-39-37-35-33-31-27-25-23-21-19-17-15-13-11-8-2)77-101-105(93,94)99-73-81(88)74-100-106(95,96)102-78-83(76-98-85(90)70-64-58-52-48-47-49-55-61-67-79(4)5)104-87(92)72-66-60-54-46-42-41-43-50-56-62-68-80(6)9-3/h79-83,88H,7-78H2,1-6H3,(H,93,94)(H,95,96)/t80?,81-,82-,83-/m1/s1. The third kappa shape index (κ3) is 78.7. The molecular formula is C87H170O17P2. The van der Waals surface area contributed by atoms with Crippen LogP contribution >= 0.6 is 15.6 Å². The number of aliphatic hydroxyl groups is 1. The Morgan fingerprint density at radius 1 is 0.274 bits per heavy atom. The lowest BCUT2D eigenvalue weighted by atomic mass is 9.99. The van der Waals surface area contributed by atoms with Crippen LogP contribution in [0.15, 0.2) is 0 Å². The van der Waals surface area contributed by atoms with E-state index < -0.39 is 97.5 Å². The third-order valence-electron chi connectivity index (χ3n) is 20.8. The summed E-state index contributed by atoms with van der Waals surface area (Å²) in [5.41, 5.74) is 0. The lowest BCUT2D eigenvalue weighted by molar-refractivity contribution is -0.161. The minimum atomic E-state index is -4.97. The summed E-state index contributed by atoms with van der Waals surface area (Å²) in [5, 5.41) is 10.7. The van der Waals surface area contributed by atoms with Gasteiger partial charge in [-0.2, -0.15) is 0 Å². The lowest BCUT2D eigenvalue weighted by Gasteiger charge is -2.21. The number of phosphoric ester groups is 2. The van der Waals surface area contributed by atoms with E-state index >= 15 is 0 Å². The maximum Gasteiger partial charge on any atom is 0.472 e. The molecule has 0 bridgehead atoms. The summed E-state index contributed by atoms with van der Waals surface area (Å²) >= 11 is 0. The smallest absolute Gasteiger partial charge is 0.462 e. The van der Waals surface area contributed by atoms with Gasteiger partial charge >= 0.3 is 39.5 Å². The number of unbranched alkanes of at least 4 members (excludes halogenated alkanes) is 55. The molecule has 0 radical (unpaired) electrons. The molecule has 0 spiro atoms. The van der Waals surface area contributed by atoms with Crippen LogP contribution in [0.2, 0.25) is 0 Å². The average molecular weight is 1550 g/mol. The predicted molar refractivity (Wildman–Crippen MR) is 437 cm³/mol. The molecule has 0 saturated carbocycles. The molecule has 3 unspecified atom stereocenters. The average Bonchev–Trinajstić information content (AvgIpc) is 0.905. The highest BCUT2D eigenvalue weighted by atomic mass is 31.2. The SMILES string of the molecule is CCCCCCCCCCCCCCCCCCCCCCCCC(=O)O[C@H](COC(=O)CCCCCCCCCCCCCCCCCCCCC)COP(=O)(O)OC[C@@H](O)COP(=O)(O)OC[C@@H](COC(=O)CCCCCCCCCCC(C)C)OC(=O)CCCCCCCCCCCCC(C)CC. The number of ether oxygens (including phenoxy) is 4. The van der Waals surface area contributed by atoms with Crippen LogP contribution in [-0.4, -0.2) is 96.7 Å². The number of phosphoric acid groups is 2. The highest BCUT2D eigenvalue weighted by Crippen LogP contribution is 2.45. The molecule has 17 nitrogen and oxygen atoms in total. The first-order valence-electron chi connectivity index (χ1n) is 45.0. The zero-order valence-corrected chi connectivity index (χ0v) is 71.5. The highest BCUT2D eigenvalue weighted by Gasteiger charge is 2.30. The Bertz CT molecular complexity index is 2030. The Morgan fingerprint density at radius 3 is 0.717 bits per heavy atom. The number of hydrogen-bond donors (Lipinski definition) is 3. The summed E-state index contributed by atoms with van der Waals surface area (Å²) in [4.78, 5) is 73.2. The molecule has 0 amide bonds. The molecular weight excluding hydrogens is 1380 g/mol. The molecule has 0 aromatic carbocycles. The number of aliphatic hydroxyl groups excluding tert-OH is 1. The molecule has 0 aromatic heterocycles. The zero-order chi connectivity index (χ0) is 77.8. The maximum atomic E-state index is 13.2. The topological polar surface area (TPSA) is 237 Å². The van der Waals surface area contributed by atoms with E-state index in [1.165, 1.54) is 283 Å². The van der Waals surface area contributed by atoms with E-state index in [9.17, 15) is 43.2 Å². The summed E-state index contributed by atoms with van der Waals surface area (Å²) < 4.78 is 68.9. The van der Waals surface area contributed by atoms with Gasteiger partial charge in [0.2, 0.25) is 0 Å². The molecule has 0 aliphatic rings. The van der Waals surface area contributed by atoms with E-state index in [0.717, 1.165) is 102 Å². The van der Waals surface area contributed by atoms with E-state index in [1.807, 2.05) is 0 Å². The van der Waals surface area contributed by atoms with Gasteiger partial charge in [-0.05, 0) is 37.5 Å². The summed E-state index contributed by atoms with van der Waals surface area (Å²) in [6.45, 7) is 9.66. The minimum absolute atomic E-state index is 0.106. The molecule has 0 rings (SSSR count). The van der Waals surface area contributed by atoms with Gasteiger partial charge in [0.05, 0.1) is 26.4 Å². The van der Waals surface area contributed by atoms with Gasteiger partial charge in [0.1, 0.15) is 19.3 Å². The quantitative estimate of drug-likeness (QED) is 0.0222. The van der Waals surface area contributed by atoms with Crippen molar-refractivity contribution in [3.05, 3.63) is 0 Å². The summed E-state index contributed by atoms with van der Waals surface area (Å²) in [7, 11) is -9.93. The number of rotatable bonds is 86. The van der Waals surface area contributed by atoms with Gasteiger partial charge in [-0.1, -0.05) is 414 Å². The molecule has 6 atom stereocenters. The Morgan fingerprint density at radius 2 is 0.481 bits per heavy atom. The number of carbonyl (C=O) groups is 4. The van der Waals surface area contributed by atoms with Gasteiger partial charge in [-0.15, -0.1) is 0 Å². The summed E-state index contributed by atoms with van der Waals surface area (Å²) in [6, 6.07) is 0. The van der Waals surface area contributed by atoms with E-state index in [-0.39, 0.29) is 25.7 Å². The van der Waals surface area contributed by atoms with Gasteiger partial charge in [0.15, 0.2) is 12.2 Å². The molecule has 106 heavy (non-hydrogen) atoms. The fourth-order valence-corrected chi connectivity index (χ4v) is 15.1. The van der Waals surface area contributed by atoms with Crippen molar-refractivity contribution < 1.29 is 80.2 Å². The summed E-state index contributed by atoms with van der Waals surface area (Å²) in [5.74, 6) is -0.574. The van der Waals surface area contributed by atoms with Crippen molar-refractivity contribution in [2.45, 2.75) is 484 Å². The zero-order valence-electron chi connectivity index (χ0n) is 69.7. The van der Waals surface area contributed by atoms with Crippen LogP contribution < -0.4 is 0 Å². The molecule has 0 saturated heterocycles. The van der Waals surface area contributed by atoms with Crippen LogP contribution in [0, 0.1) is 11.8 Å². The monoisotopic (exact) mass is 1550 g/mol. The first-order chi connectivity index (χ1) is 51.4. The van der Waals surface area contributed by atoms with E-state index in [1.54, 1.807) is 0 Å². The van der Waals surface area contributed by atoms with Crippen molar-refractivity contribution in [2.24, 2.45) is 11.8 Å². The first kappa shape index (κ1) is 104. The van der Waals surface area contributed by atoms with Gasteiger partial charge in [0.25, 0.3) is 0 Å². The van der Waals surface area contributed by atoms with Crippen LogP contribution in [0.25, 0.3) is 0 Å². The Kier molecular flexibility index (Phi) is 76.9. The second-order valence-corrected chi connectivity index (χ2v) is 34.9. The molecule has 0 fully saturated rings. The van der Waals surface area contributed by atoms with Crippen molar-refractivity contribution >= 4 is 39.5 Å². The normalized spacial score (nSPS) is 14.1. The largest absolute Gasteiger partial charge is 0.472 e. The van der Waals surface area contributed by atoms with Crippen LogP contribution in [0.1, 0.15) is 465 Å². The number of hydrogen-bond acceptors (Lipinski definition) is 15. The van der Waals surface area contributed by atoms with E-state index in [2.05, 4.69) is 41.5 Å². The molecule has 0 heterocycles. The second kappa shape index (κ2) is 78.3. The number of carbonyl (C=O) groups excluding carboxylic acids is 4. The van der Waals surface area contributed by atoms with Crippen molar-refractivity contribution in [3.8, 4) is 0 Å². The fraction of sp³-hybridized carbons (Fsp3) is 0.954. The predicted octanol–water partition coefficient (Wildman–Crippen LogP) is 26.6. The van der Waals surface area contributed by atoms with Crippen molar-refractivity contribution in [1.82, 2.24) is 0 Å². The van der Waals surface area contributed by atoms with E-state index in [0.29, 0.717) is 25.7 Å². The molecule has 630 valence electrons. The molecule has 0 aromatic rings. The highest BCUT2D eigenvalue weighted by molar-refractivity contribution is 7.47. The molecule has 0 aliphatic carbocycles. The first-order valence-corrected chi connectivity index (χ1v) is 48.0. The van der Waals surface area contributed by atoms with Crippen LogP contribution in [0.4, 0.5) is 0 Å². The minimum Gasteiger partial charge on any atom is -0.462 e. The van der Waals surface area contributed by atoms with Crippen molar-refractivity contribution in [1.29, 1.82) is 0 Å². The van der Waals surface area contributed by atoms with Crippen molar-refractivity contribution in [2.75, 3.05) is 39.6 Å². The summed E-state index contributed by atoms with van der Waals surface area (Å²) in [6.07, 6.45) is 71.0. The maximum absolute atomic E-state index is 13.2. The Hall–Kier alpha value is -1.94. The number of esters is 4. The van der Waals surface area contributed by atoms with Crippen LogP contribution in [0.3, 0.4) is 0 Å². The molecule has 0 aliphatic heterocycles. The van der Waals surface area contributed by atoms with Crippen LogP contribution in [0.5, 0.6) is 0 Å². The van der Waals surface area contributed by atoms with Gasteiger partial charge in [-0.3, -0.25) is 37.3 Å². The Labute approximate surface area is 651 Å². The van der Waals surface area contributed by atoms with Crippen LogP contribution in [-0.2, 0) is 65.4 Å². The fourth-order valence-electron chi connectivity index (χ4n) is 13.6. The molecule has 19 heteroatoms. The lowest BCUT2D eigenvalue weighted by Crippen LogP contribution is -2.30. The second-order valence-electron chi connectivity index (χ2n) is 32.0. The third-order valence-corrected chi connectivity index (χ3v) is 22.7. The van der Waals surface area contributed by atoms with Crippen molar-refractivity contribution in [3.63, 3.8) is 0 Å². The van der Waals surface area contributed by atoms with Gasteiger partial charge in [0, 0.05) is 25.7 Å². The molecule has 3 N–H and O–H groups in total.